The number of rotatable bonds is 2. The maximum atomic E-state index is 10.6. The van der Waals surface area contributed by atoms with Gasteiger partial charge in [0.1, 0.15) is 5.75 Å². The van der Waals surface area contributed by atoms with Crippen molar-refractivity contribution in [3.8, 4) is 5.75 Å². The van der Waals surface area contributed by atoms with Crippen LogP contribution < -0.4 is 5.43 Å². The number of hydrogen-bond acceptors (Lipinski definition) is 3. The SMILES string of the molecule is CC(=O)NN=C(C)c1ccccc1O. The Hall–Kier alpha value is -1.84. The molecular formula is C10H12N2O2. The van der Waals surface area contributed by atoms with Crippen LogP contribution in [0.25, 0.3) is 0 Å². The average molecular weight is 192 g/mol. The molecule has 0 aromatic heterocycles. The second kappa shape index (κ2) is 4.41. The van der Waals surface area contributed by atoms with E-state index in [0.717, 1.165) is 0 Å². The normalized spacial score (nSPS) is 11.1. The third-order valence-electron chi connectivity index (χ3n) is 1.67. The molecule has 2 N–H and O–H groups in total. The monoisotopic (exact) mass is 192 g/mol. The number of phenolic OH excluding ortho intramolecular Hbond substituents is 1. The summed E-state index contributed by atoms with van der Waals surface area (Å²) in [5.41, 5.74) is 3.49. The fraction of sp³-hybridized carbons (Fsp3) is 0.200. The highest BCUT2D eigenvalue weighted by Gasteiger charge is 2.02. The van der Waals surface area contributed by atoms with Gasteiger partial charge in [-0.15, -0.1) is 0 Å². The molecule has 1 rings (SSSR count). The highest BCUT2D eigenvalue weighted by molar-refractivity contribution is 6.01. The third-order valence-corrected chi connectivity index (χ3v) is 1.67. The summed E-state index contributed by atoms with van der Waals surface area (Å²) in [6.45, 7) is 3.09. The van der Waals surface area contributed by atoms with Crippen molar-refractivity contribution in [1.29, 1.82) is 0 Å². The number of nitrogens with zero attached hydrogens (tertiary/aromatic N) is 1. The largest absolute Gasteiger partial charge is 0.507 e. The summed E-state index contributed by atoms with van der Waals surface area (Å²) in [4.78, 5) is 10.6. The Balaban J connectivity index is 2.89. The van der Waals surface area contributed by atoms with Crippen molar-refractivity contribution >= 4 is 11.6 Å². The first-order valence-corrected chi connectivity index (χ1v) is 4.20. The lowest BCUT2D eigenvalue weighted by molar-refractivity contribution is -0.118. The molecule has 0 saturated carbocycles. The molecular weight excluding hydrogens is 180 g/mol. The van der Waals surface area contributed by atoms with E-state index in [1.54, 1.807) is 31.2 Å². The molecule has 1 aromatic carbocycles. The predicted molar refractivity (Wildman–Crippen MR) is 54.1 cm³/mol. The van der Waals surface area contributed by atoms with Gasteiger partial charge in [0.25, 0.3) is 0 Å². The first-order valence-electron chi connectivity index (χ1n) is 4.20. The van der Waals surface area contributed by atoms with E-state index in [4.69, 9.17) is 0 Å². The Kier molecular flexibility index (Phi) is 3.23. The van der Waals surface area contributed by atoms with Crippen molar-refractivity contribution < 1.29 is 9.90 Å². The van der Waals surface area contributed by atoms with Crippen LogP contribution in [0.1, 0.15) is 19.4 Å². The number of carbonyl (C=O) groups is 1. The standard InChI is InChI=1S/C10H12N2O2/c1-7(11-12-8(2)13)9-5-3-4-6-10(9)14/h3-6,14H,1-2H3,(H,12,13). The fourth-order valence-electron chi connectivity index (χ4n) is 1.00. The van der Waals surface area contributed by atoms with E-state index in [1.165, 1.54) is 6.92 Å². The molecule has 0 fully saturated rings. The number of hydrogen-bond donors (Lipinski definition) is 2. The van der Waals surface area contributed by atoms with Crippen molar-refractivity contribution in [3.05, 3.63) is 29.8 Å². The third kappa shape index (κ3) is 2.58. The number of aromatic hydroxyl groups is 1. The quantitative estimate of drug-likeness (QED) is 0.547. The molecule has 14 heavy (non-hydrogen) atoms. The van der Waals surface area contributed by atoms with Crippen LogP contribution in [0.15, 0.2) is 29.4 Å². The zero-order chi connectivity index (χ0) is 10.6. The van der Waals surface area contributed by atoms with Gasteiger partial charge in [0, 0.05) is 12.5 Å². The lowest BCUT2D eigenvalue weighted by atomic mass is 10.1. The second-order valence-corrected chi connectivity index (χ2v) is 2.88. The molecule has 0 saturated heterocycles. The average Bonchev–Trinajstić information content (AvgIpc) is 2.15. The number of hydrazone groups is 1. The molecule has 0 bridgehead atoms. The van der Waals surface area contributed by atoms with Gasteiger partial charge in [-0.3, -0.25) is 4.79 Å². The van der Waals surface area contributed by atoms with Crippen LogP contribution in [0.5, 0.6) is 5.75 Å². The van der Waals surface area contributed by atoms with Gasteiger partial charge in [0.2, 0.25) is 5.91 Å². The summed E-state index contributed by atoms with van der Waals surface area (Å²) in [6, 6.07) is 6.82. The fourth-order valence-corrected chi connectivity index (χ4v) is 1.00. The van der Waals surface area contributed by atoms with Crippen LogP contribution in [-0.4, -0.2) is 16.7 Å². The van der Waals surface area contributed by atoms with Crippen LogP contribution in [0, 0.1) is 0 Å². The van der Waals surface area contributed by atoms with Gasteiger partial charge in [-0.1, -0.05) is 12.1 Å². The minimum Gasteiger partial charge on any atom is -0.507 e. The first-order chi connectivity index (χ1) is 6.61. The minimum absolute atomic E-state index is 0.152. The van der Waals surface area contributed by atoms with E-state index in [-0.39, 0.29) is 11.7 Å². The highest BCUT2D eigenvalue weighted by atomic mass is 16.3. The topological polar surface area (TPSA) is 61.7 Å². The van der Waals surface area contributed by atoms with E-state index < -0.39 is 0 Å². The van der Waals surface area contributed by atoms with Crippen molar-refractivity contribution in [2.45, 2.75) is 13.8 Å². The van der Waals surface area contributed by atoms with E-state index in [0.29, 0.717) is 11.3 Å². The van der Waals surface area contributed by atoms with Crippen LogP contribution in [0.3, 0.4) is 0 Å². The van der Waals surface area contributed by atoms with E-state index in [9.17, 15) is 9.90 Å². The minimum atomic E-state index is -0.236. The van der Waals surface area contributed by atoms with Crippen molar-refractivity contribution in [2.24, 2.45) is 5.10 Å². The van der Waals surface area contributed by atoms with Crippen molar-refractivity contribution in [2.75, 3.05) is 0 Å². The number of nitrogens with one attached hydrogen (secondary N) is 1. The Morgan fingerprint density at radius 3 is 2.57 bits per heavy atom. The first kappa shape index (κ1) is 10.2. The number of phenols is 1. The van der Waals surface area contributed by atoms with E-state index in [2.05, 4.69) is 10.5 Å². The molecule has 1 aromatic rings. The summed E-state index contributed by atoms with van der Waals surface area (Å²) < 4.78 is 0. The lowest BCUT2D eigenvalue weighted by Gasteiger charge is -2.02. The van der Waals surface area contributed by atoms with Crippen LogP contribution in [-0.2, 0) is 4.79 Å². The second-order valence-electron chi connectivity index (χ2n) is 2.88. The van der Waals surface area contributed by atoms with Crippen LogP contribution in [0.4, 0.5) is 0 Å². The van der Waals surface area contributed by atoms with Crippen LogP contribution in [0.2, 0.25) is 0 Å². The Labute approximate surface area is 82.3 Å². The summed E-state index contributed by atoms with van der Waals surface area (Å²) in [6.07, 6.45) is 0. The summed E-state index contributed by atoms with van der Waals surface area (Å²) in [5, 5.41) is 13.3. The summed E-state index contributed by atoms with van der Waals surface area (Å²) >= 11 is 0. The van der Waals surface area contributed by atoms with Crippen molar-refractivity contribution in [1.82, 2.24) is 5.43 Å². The van der Waals surface area contributed by atoms with E-state index >= 15 is 0 Å². The Morgan fingerprint density at radius 2 is 2.00 bits per heavy atom. The number of benzene rings is 1. The van der Waals surface area contributed by atoms with Crippen LogP contribution >= 0.6 is 0 Å². The molecule has 0 aliphatic carbocycles. The molecule has 4 nitrogen and oxygen atoms in total. The van der Waals surface area contributed by atoms with Gasteiger partial charge < -0.3 is 5.11 Å². The summed E-state index contributed by atoms with van der Waals surface area (Å²) in [5.74, 6) is -0.0844. The predicted octanol–water partition coefficient (Wildman–Crippen LogP) is 1.25. The maximum absolute atomic E-state index is 10.6. The molecule has 74 valence electrons. The Bertz CT molecular complexity index is 372. The molecule has 0 radical (unpaired) electrons. The van der Waals surface area contributed by atoms with Crippen molar-refractivity contribution in [3.63, 3.8) is 0 Å². The summed E-state index contributed by atoms with van der Waals surface area (Å²) in [7, 11) is 0. The molecule has 0 spiro atoms. The zero-order valence-corrected chi connectivity index (χ0v) is 8.11. The number of carbonyl (C=O) groups excluding carboxylic acids is 1. The van der Waals surface area contributed by atoms with Gasteiger partial charge in [0.05, 0.1) is 5.71 Å². The number of para-hydroxylation sites is 1. The van der Waals surface area contributed by atoms with Gasteiger partial charge in [-0.05, 0) is 19.1 Å². The molecule has 0 aliphatic heterocycles. The van der Waals surface area contributed by atoms with Gasteiger partial charge in [0.15, 0.2) is 0 Å². The van der Waals surface area contributed by atoms with Gasteiger partial charge in [-0.25, -0.2) is 5.43 Å². The maximum Gasteiger partial charge on any atom is 0.236 e. The highest BCUT2D eigenvalue weighted by Crippen LogP contribution is 2.15. The smallest absolute Gasteiger partial charge is 0.236 e. The molecule has 1 amide bonds. The molecule has 4 heteroatoms. The molecule has 0 aliphatic rings. The molecule has 0 atom stereocenters. The molecule has 0 heterocycles. The lowest BCUT2D eigenvalue weighted by Crippen LogP contribution is -2.15. The van der Waals surface area contributed by atoms with Gasteiger partial charge >= 0.3 is 0 Å². The molecule has 0 unspecified atom stereocenters. The zero-order valence-electron chi connectivity index (χ0n) is 8.11. The Morgan fingerprint density at radius 1 is 1.36 bits per heavy atom. The van der Waals surface area contributed by atoms with E-state index in [1.807, 2.05) is 0 Å². The number of amides is 1. The van der Waals surface area contributed by atoms with Gasteiger partial charge in [-0.2, -0.15) is 5.10 Å².